The Hall–Kier alpha value is -1.97. The van der Waals surface area contributed by atoms with E-state index in [4.69, 9.17) is 0 Å². The Bertz CT molecular complexity index is 627. The number of aryl methyl sites for hydroxylation is 1. The second-order valence-electron chi connectivity index (χ2n) is 3.45. The predicted octanol–water partition coefficient (Wildman–Crippen LogP) is 2.07. The van der Waals surface area contributed by atoms with Crippen LogP contribution in [0, 0.1) is 0 Å². The number of nitrogens with one attached hydrogen (secondary N) is 1. The molecule has 0 saturated heterocycles. The molecule has 74 valence electrons. The first kappa shape index (κ1) is 8.35. The molecule has 1 aromatic carbocycles. The Morgan fingerprint density at radius 1 is 1.20 bits per heavy atom. The van der Waals surface area contributed by atoms with E-state index in [-0.39, 0.29) is 0 Å². The van der Waals surface area contributed by atoms with E-state index < -0.39 is 0 Å². The summed E-state index contributed by atoms with van der Waals surface area (Å²) in [6.45, 7) is 2.02. The van der Waals surface area contributed by atoms with Crippen LogP contribution < -0.4 is 0 Å². The van der Waals surface area contributed by atoms with Gasteiger partial charge in [0.25, 0.3) is 0 Å². The SMILES string of the molecule is CCc1nnc2c(n1)[nH]c1ccccc12. The Kier molecular flexibility index (Phi) is 1.68. The van der Waals surface area contributed by atoms with E-state index in [2.05, 4.69) is 20.2 Å². The van der Waals surface area contributed by atoms with Gasteiger partial charge in [-0.2, -0.15) is 0 Å². The highest BCUT2D eigenvalue weighted by molar-refractivity contribution is 6.02. The molecule has 0 aliphatic rings. The van der Waals surface area contributed by atoms with Crippen molar-refractivity contribution in [1.82, 2.24) is 20.2 Å². The summed E-state index contributed by atoms with van der Waals surface area (Å²) in [6.07, 6.45) is 0.804. The molecule has 4 nitrogen and oxygen atoms in total. The fraction of sp³-hybridized carbons (Fsp3) is 0.182. The molecule has 0 atom stereocenters. The monoisotopic (exact) mass is 198 g/mol. The van der Waals surface area contributed by atoms with Crippen molar-refractivity contribution in [3.8, 4) is 0 Å². The minimum Gasteiger partial charge on any atom is -0.338 e. The number of fused-ring (bicyclic) bond motifs is 3. The number of hydrogen-bond acceptors (Lipinski definition) is 3. The molecular formula is C11H10N4. The van der Waals surface area contributed by atoms with Gasteiger partial charge in [0.2, 0.25) is 0 Å². The van der Waals surface area contributed by atoms with Gasteiger partial charge in [0.1, 0.15) is 5.52 Å². The van der Waals surface area contributed by atoms with Crippen LogP contribution in [0.15, 0.2) is 24.3 Å². The molecule has 0 aliphatic heterocycles. The van der Waals surface area contributed by atoms with Crippen molar-refractivity contribution in [1.29, 1.82) is 0 Å². The van der Waals surface area contributed by atoms with Gasteiger partial charge in [-0.1, -0.05) is 25.1 Å². The van der Waals surface area contributed by atoms with Gasteiger partial charge in [0.05, 0.1) is 0 Å². The van der Waals surface area contributed by atoms with Gasteiger partial charge in [0.15, 0.2) is 11.5 Å². The molecule has 2 aromatic heterocycles. The highest BCUT2D eigenvalue weighted by Crippen LogP contribution is 2.20. The van der Waals surface area contributed by atoms with Gasteiger partial charge in [0, 0.05) is 17.3 Å². The molecule has 2 heterocycles. The number of benzene rings is 1. The van der Waals surface area contributed by atoms with Crippen molar-refractivity contribution in [3.05, 3.63) is 30.1 Å². The summed E-state index contributed by atoms with van der Waals surface area (Å²) >= 11 is 0. The van der Waals surface area contributed by atoms with Crippen molar-refractivity contribution < 1.29 is 0 Å². The fourth-order valence-electron chi connectivity index (χ4n) is 1.70. The Morgan fingerprint density at radius 2 is 2.07 bits per heavy atom. The highest BCUT2D eigenvalue weighted by Gasteiger charge is 2.06. The summed E-state index contributed by atoms with van der Waals surface area (Å²) in [5.74, 6) is 0.772. The summed E-state index contributed by atoms with van der Waals surface area (Å²) in [5.41, 5.74) is 2.73. The molecule has 0 bridgehead atoms. The van der Waals surface area contributed by atoms with E-state index in [1.54, 1.807) is 0 Å². The number of hydrogen-bond donors (Lipinski definition) is 1. The first-order valence-corrected chi connectivity index (χ1v) is 4.98. The van der Waals surface area contributed by atoms with Crippen molar-refractivity contribution in [2.45, 2.75) is 13.3 Å². The van der Waals surface area contributed by atoms with Crippen LogP contribution in [0.1, 0.15) is 12.7 Å². The van der Waals surface area contributed by atoms with Gasteiger partial charge in [-0.3, -0.25) is 0 Å². The lowest BCUT2D eigenvalue weighted by Crippen LogP contribution is -1.95. The second kappa shape index (κ2) is 3.02. The van der Waals surface area contributed by atoms with Crippen LogP contribution in [-0.4, -0.2) is 20.2 Å². The summed E-state index contributed by atoms with van der Waals surface area (Å²) in [7, 11) is 0. The summed E-state index contributed by atoms with van der Waals surface area (Å²) in [5, 5.41) is 9.34. The predicted molar refractivity (Wildman–Crippen MR) is 58.6 cm³/mol. The molecule has 1 N–H and O–H groups in total. The molecular weight excluding hydrogens is 188 g/mol. The standard InChI is InChI=1S/C11H10N4/c1-2-9-13-11-10(15-14-9)7-5-3-4-6-8(7)12-11/h3-6H,2H2,1H3,(H,12,13,14). The normalized spacial score (nSPS) is 11.3. The molecule has 15 heavy (non-hydrogen) atoms. The number of aromatic nitrogens is 4. The number of para-hydroxylation sites is 1. The molecule has 3 rings (SSSR count). The zero-order valence-electron chi connectivity index (χ0n) is 8.36. The van der Waals surface area contributed by atoms with Crippen LogP contribution in [0.25, 0.3) is 22.1 Å². The Labute approximate surface area is 86.4 Å². The van der Waals surface area contributed by atoms with E-state index in [9.17, 15) is 0 Å². The van der Waals surface area contributed by atoms with Gasteiger partial charge in [-0.15, -0.1) is 10.2 Å². The van der Waals surface area contributed by atoms with Crippen molar-refractivity contribution in [2.24, 2.45) is 0 Å². The van der Waals surface area contributed by atoms with Gasteiger partial charge in [-0.25, -0.2) is 4.98 Å². The van der Waals surface area contributed by atoms with Crippen LogP contribution in [0.2, 0.25) is 0 Å². The smallest absolute Gasteiger partial charge is 0.161 e. The first-order valence-electron chi connectivity index (χ1n) is 4.98. The zero-order chi connectivity index (χ0) is 10.3. The first-order chi connectivity index (χ1) is 7.38. The average molecular weight is 198 g/mol. The number of rotatable bonds is 1. The average Bonchev–Trinajstić information content (AvgIpc) is 2.66. The van der Waals surface area contributed by atoms with E-state index in [0.717, 1.165) is 34.3 Å². The quantitative estimate of drug-likeness (QED) is 0.651. The zero-order valence-corrected chi connectivity index (χ0v) is 8.36. The van der Waals surface area contributed by atoms with E-state index >= 15 is 0 Å². The van der Waals surface area contributed by atoms with E-state index in [0.29, 0.717) is 0 Å². The third kappa shape index (κ3) is 1.18. The Balaban J connectivity index is 2.43. The maximum Gasteiger partial charge on any atom is 0.161 e. The highest BCUT2D eigenvalue weighted by atomic mass is 15.2. The maximum atomic E-state index is 4.40. The molecule has 4 heteroatoms. The van der Waals surface area contributed by atoms with Gasteiger partial charge >= 0.3 is 0 Å². The molecule has 0 saturated carbocycles. The fourth-order valence-corrected chi connectivity index (χ4v) is 1.70. The van der Waals surface area contributed by atoms with E-state index in [1.807, 2.05) is 31.2 Å². The molecule has 3 aromatic rings. The minimum absolute atomic E-state index is 0.772. The van der Waals surface area contributed by atoms with Gasteiger partial charge in [-0.05, 0) is 6.07 Å². The van der Waals surface area contributed by atoms with Crippen molar-refractivity contribution in [3.63, 3.8) is 0 Å². The molecule has 0 unspecified atom stereocenters. The second-order valence-corrected chi connectivity index (χ2v) is 3.45. The molecule has 0 amide bonds. The summed E-state index contributed by atoms with van der Waals surface area (Å²) < 4.78 is 0. The van der Waals surface area contributed by atoms with Crippen molar-refractivity contribution in [2.75, 3.05) is 0 Å². The number of nitrogens with zero attached hydrogens (tertiary/aromatic N) is 3. The number of H-pyrrole nitrogens is 1. The van der Waals surface area contributed by atoms with Crippen molar-refractivity contribution >= 4 is 22.1 Å². The molecule has 0 radical (unpaired) electrons. The van der Waals surface area contributed by atoms with Crippen LogP contribution in [0.3, 0.4) is 0 Å². The van der Waals surface area contributed by atoms with E-state index in [1.165, 1.54) is 0 Å². The topological polar surface area (TPSA) is 54.5 Å². The van der Waals surface area contributed by atoms with Crippen LogP contribution in [0.5, 0.6) is 0 Å². The lowest BCUT2D eigenvalue weighted by atomic mass is 10.2. The van der Waals surface area contributed by atoms with Crippen LogP contribution in [-0.2, 0) is 6.42 Å². The van der Waals surface area contributed by atoms with Crippen LogP contribution >= 0.6 is 0 Å². The minimum atomic E-state index is 0.772. The Morgan fingerprint density at radius 3 is 2.93 bits per heavy atom. The summed E-state index contributed by atoms with van der Waals surface area (Å²) in [6, 6.07) is 8.03. The lowest BCUT2D eigenvalue weighted by molar-refractivity contribution is 0.879. The number of aromatic amines is 1. The van der Waals surface area contributed by atoms with Crippen LogP contribution in [0.4, 0.5) is 0 Å². The molecule has 0 spiro atoms. The summed E-state index contributed by atoms with van der Waals surface area (Å²) in [4.78, 5) is 7.64. The third-order valence-corrected chi connectivity index (χ3v) is 2.48. The maximum absolute atomic E-state index is 4.40. The molecule has 0 aliphatic carbocycles. The largest absolute Gasteiger partial charge is 0.338 e. The van der Waals surface area contributed by atoms with Gasteiger partial charge < -0.3 is 4.98 Å². The third-order valence-electron chi connectivity index (χ3n) is 2.48. The lowest BCUT2D eigenvalue weighted by Gasteiger charge is -1.92. The molecule has 0 fully saturated rings.